The van der Waals surface area contributed by atoms with Gasteiger partial charge in [-0.05, 0) is 30.2 Å². The molecular weight excluding hydrogens is 318 g/mol. The monoisotopic (exact) mass is 339 g/mol. The van der Waals surface area contributed by atoms with Crippen molar-refractivity contribution in [1.82, 2.24) is 9.88 Å². The van der Waals surface area contributed by atoms with Gasteiger partial charge in [-0.3, -0.25) is 14.6 Å². The Balaban J connectivity index is 1.56. The molecule has 1 aromatic heterocycles. The Bertz CT molecular complexity index is 749. The van der Waals surface area contributed by atoms with Crippen molar-refractivity contribution in [3.63, 3.8) is 0 Å². The van der Waals surface area contributed by atoms with Crippen LogP contribution in [0, 0.1) is 5.92 Å². The fourth-order valence-corrected chi connectivity index (χ4v) is 3.01. The van der Waals surface area contributed by atoms with Crippen LogP contribution in [0.3, 0.4) is 0 Å². The van der Waals surface area contributed by atoms with Crippen molar-refractivity contribution in [1.29, 1.82) is 0 Å². The number of nitrogens with one attached hydrogen (secondary N) is 1. The van der Waals surface area contributed by atoms with Gasteiger partial charge in [0.05, 0.1) is 13.0 Å². The van der Waals surface area contributed by atoms with Crippen molar-refractivity contribution in [3.05, 3.63) is 54.4 Å². The summed E-state index contributed by atoms with van der Waals surface area (Å²) in [4.78, 5) is 30.2. The Labute approximate surface area is 146 Å². The molecule has 2 heterocycles. The Kier molecular flexibility index (Phi) is 5.28. The van der Waals surface area contributed by atoms with Gasteiger partial charge >= 0.3 is 0 Å². The normalized spacial score (nSPS) is 16.8. The van der Waals surface area contributed by atoms with Crippen molar-refractivity contribution < 1.29 is 14.3 Å². The summed E-state index contributed by atoms with van der Waals surface area (Å²) in [5.41, 5.74) is 1.75. The van der Waals surface area contributed by atoms with E-state index in [0.29, 0.717) is 25.2 Å². The van der Waals surface area contributed by atoms with E-state index in [-0.39, 0.29) is 24.2 Å². The predicted molar refractivity (Wildman–Crippen MR) is 94.3 cm³/mol. The molecule has 0 unspecified atom stereocenters. The Morgan fingerprint density at radius 1 is 1.28 bits per heavy atom. The van der Waals surface area contributed by atoms with Crippen LogP contribution in [0.2, 0.25) is 0 Å². The van der Waals surface area contributed by atoms with E-state index in [9.17, 15) is 9.59 Å². The van der Waals surface area contributed by atoms with Crippen LogP contribution in [-0.4, -0.2) is 41.9 Å². The second kappa shape index (κ2) is 7.79. The molecule has 2 aromatic rings. The molecule has 1 aliphatic rings. The van der Waals surface area contributed by atoms with Gasteiger partial charge in [-0.2, -0.15) is 0 Å². The quantitative estimate of drug-likeness (QED) is 0.875. The third kappa shape index (κ3) is 4.15. The Morgan fingerprint density at radius 3 is 2.80 bits per heavy atom. The molecule has 1 fully saturated rings. The highest BCUT2D eigenvalue weighted by atomic mass is 16.5. The van der Waals surface area contributed by atoms with E-state index in [2.05, 4.69) is 10.3 Å². The summed E-state index contributed by atoms with van der Waals surface area (Å²) in [5, 5.41) is 2.84. The smallest absolute Gasteiger partial charge is 0.229 e. The zero-order valence-electron chi connectivity index (χ0n) is 14.1. The highest BCUT2D eigenvalue weighted by Crippen LogP contribution is 2.22. The third-order valence-electron chi connectivity index (χ3n) is 4.38. The fourth-order valence-electron chi connectivity index (χ4n) is 3.01. The van der Waals surface area contributed by atoms with E-state index in [0.717, 1.165) is 11.3 Å². The summed E-state index contributed by atoms with van der Waals surface area (Å²) in [6, 6.07) is 11.2. The average molecular weight is 339 g/mol. The number of nitrogens with zero attached hydrogens (tertiary/aromatic N) is 2. The summed E-state index contributed by atoms with van der Waals surface area (Å²) < 4.78 is 5.34. The second-order valence-corrected chi connectivity index (χ2v) is 6.03. The molecule has 3 rings (SSSR count). The molecule has 0 bridgehead atoms. The lowest BCUT2D eigenvalue weighted by molar-refractivity contribution is -0.128. The van der Waals surface area contributed by atoms with Gasteiger partial charge in [0.1, 0.15) is 5.75 Å². The molecule has 25 heavy (non-hydrogen) atoms. The Hall–Kier alpha value is -2.89. The van der Waals surface area contributed by atoms with Gasteiger partial charge in [-0.15, -0.1) is 0 Å². The number of hydrogen-bond acceptors (Lipinski definition) is 4. The number of ether oxygens (including phenoxy) is 1. The van der Waals surface area contributed by atoms with Crippen LogP contribution in [0.25, 0.3) is 0 Å². The van der Waals surface area contributed by atoms with E-state index >= 15 is 0 Å². The number of para-hydroxylation sites is 1. The predicted octanol–water partition coefficient (Wildman–Crippen LogP) is 2.12. The summed E-state index contributed by atoms with van der Waals surface area (Å²) in [6.07, 6.45) is 4.20. The van der Waals surface area contributed by atoms with Crippen LogP contribution in [0.5, 0.6) is 5.75 Å². The van der Waals surface area contributed by atoms with Gasteiger partial charge in [0.2, 0.25) is 11.8 Å². The van der Waals surface area contributed by atoms with Crippen LogP contribution in [0.1, 0.15) is 12.0 Å². The number of methoxy groups -OCH3 is 1. The van der Waals surface area contributed by atoms with E-state index in [4.69, 9.17) is 4.74 Å². The van der Waals surface area contributed by atoms with Crippen LogP contribution in [-0.2, 0) is 16.0 Å². The lowest BCUT2D eigenvalue weighted by Crippen LogP contribution is -2.30. The molecule has 1 atom stereocenters. The van der Waals surface area contributed by atoms with Gasteiger partial charge < -0.3 is 15.0 Å². The highest BCUT2D eigenvalue weighted by Gasteiger charge is 2.34. The maximum absolute atomic E-state index is 12.4. The third-order valence-corrected chi connectivity index (χ3v) is 4.38. The number of rotatable bonds is 6. The molecule has 6 nitrogen and oxygen atoms in total. The zero-order valence-corrected chi connectivity index (χ0v) is 14.1. The summed E-state index contributed by atoms with van der Waals surface area (Å²) in [5.74, 6) is 0.392. The molecule has 1 aliphatic heterocycles. The minimum Gasteiger partial charge on any atom is -0.496 e. The van der Waals surface area contributed by atoms with Crippen molar-refractivity contribution in [2.45, 2.75) is 12.8 Å². The first kappa shape index (κ1) is 17.0. The van der Waals surface area contributed by atoms with Gasteiger partial charge in [0.15, 0.2) is 0 Å². The van der Waals surface area contributed by atoms with Crippen LogP contribution < -0.4 is 10.1 Å². The first-order valence-corrected chi connectivity index (χ1v) is 8.28. The number of benzene rings is 1. The molecular formula is C19H21N3O3. The Morgan fingerprint density at radius 2 is 2.04 bits per heavy atom. The molecule has 0 saturated carbocycles. The first-order chi connectivity index (χ1) is 12.2. The molecule has 6 heteroatoms. The molecule has 1 aromatic carbocycles. The maximum Gasteiger partial charge on any atom is 0.229 e. The number of aromatic nitrogens is 1. The van der Waals surface area contributed by atoms with Gasteiger partial charge in [0, 0.05) is 37.6 Å². The summed E-state index contributed by atoms with van der Waals surface area (Å²) in [7, 11) is 1.64. The number of carbonyl (C=O) groups is 2. The van der Waals surface area contributed by atoms with Crippen LogP contribution >= 0.6 is 0 Å². The van der Waals surface area contributed by atoms with E-state index < -0.39 is 0 Å². The van der Waals surface area contributed by atoms with E-state index in [1.54, 1.807) is 36.5 Å². The minimum atomic E-state index is -0.321. The van der Waals surface area contributed by atoms with Crippen molar-refractivity contribution in [2.75, 3.05) is 25.5 Å². The zero-order chi connectivity index (χ0) is 17.6. The summed E-state index contributed by atoms with van der Waals surface area (Å²) >= 11 is 0. The van der Waals surface area contributed by atoms with Crippen LogP contribution in [0.15, 0.2) is 48.8 Å². The van der Waals surface area contributed by atoms with E-state index in [1.165, 1.54) is 0 Å². The highest BCUT2D eigenvalue weighted by molar-refractivity contribution is 5.97. The van der Waals surface area contributed by atoms with Gasteiger partial charge in [-0.25, -0.2) is 0 Å². The SMILES string of the molecule is COc1ccccc1CCN1C[C@H](C(=O)Nc2ccncc2)CC1=O. The molecule has 1 N–H and O–H groups in total. The minimum absolute atomic E-state index is 0.0183. The number of anilines is 1. The van der Waals surface area contributed by atoms with E-state index in [1.807, 2.05) is 24.3 Å². The lowest BCUT2D eigenvalue weighted by atomic mass is 10.1. The van der Waals surface area contributed by atoms with Crippen molar-refractivity contribution >= 4 is 17.5 Å². The second-order valence-electron chi connectivity index (χ2n) is 6.03. The van der Waals surface area contributed by atoms with Crippen molar-refractivity contribution in [2.24, 2.45) is 5.92 Å². The van der Waals surface area contributed by atoms with Gasteiger partial charge in [-0.1, -0.05) is 18.2 Å². The molecule has 2 amide bonds. The lowest BCUT2D eigenvalue weighted by Gasteiger charge is -2.17. The number of likely N-dealkylation sites (tertiary alicyclic amines) is 1. The van der Waals surface area contributed by atoms with Crippen LogP contribution in [0.4, 0.5) is 5.69 Å². The number of carbonyl (C=O) groups excluding carboxylic acids is 2. The number of pyridine rings is 1. The summed E-state index contributed by atoms with van der Waals surface area (Å²) in [6.45, 7) is 1.03. The van der Waals surface area contributed by atoms with Crippen molar-refractivity contribution in [3.8, 4) is 5.75 Å². The fraction of sp³-hybridized carbons (Fsp3) is 0.316. The van der Waals surface area contributed by atoms with Gasteiger partial charge in [0.25, 0.3) is 0 Å². The molecule has 1 saturated heterocycles. The average Bonchev–Trinajstić information content (AvgIpc) is 3.02. The largest absolute Gasteiger partial charge is 0.496 e. The molecule has 130 valence electrons. The first-order valence-electron chi connectivity index (χ1n) is 8.28. The molecule has 0 spiro atoms. The number of amides is 2. The molecule has 0 aliphatic carbocycles. The molecule has 0 radical (unpaired) electrons. The topological polar surface area (TPSA) is 71.5 Å². The maximum atomic E-state index is 12.4. The number of hydrogen-bond donors (Lipinski definition) is 1. The standard InChI is InChI=1S/C19H21N3O3/c1-25-17-5-3-2-4-14(17)8-11-22-13-15(12-18(22)23)19(24)21-16-6-9-20-10-7-16/h2-7,9-10,15H,8,11-13H2,1H3,(H,20,21,24)/t15-/m1/s1.